The zero-order valence-corrected chi connectivity index (χ0v) is 24.3. The first-order valence-corrected chi connectivity index (χ1v) is 16.0. The first-order valence-electron chi connectivity index (χ1n) is 13.8. The molecule has 11 heteroatoms. The number of carbonyl (C=O) groups is 1. The van der Waals surface area contributed by atoms with Crippen molar-refractivity contribution in [2.75, 3.05) is 57.3 Å². The predicted molar refractivity (Wildman–Crippen MR) is 155 cm³/mol. The largest absolute Gasteiger partial charge is 0.494 e. The van der Waals surface area contributed by atoms with Crippen LogP contribution in [-0.4, -0.2) is 87.0 Å². The Hall–Kier alpha value is -2.73. The molecule has 2 saturated heterocycles. The molecule has 1 atom stereocenters. The molecule has 3 aromatic rings. The lowest BCUT2D eigenvalue weighted by Gasteiger charge is -2.34. The standard InChI is InChI=1S/C28H37N5O4S2/c1-3-37-23-9-12-25-26(20-23)38-28(30-25)32-18-16-31(17-19-32)15-13-29-27(34)22-7-10-24(11-8-22)39(35,36)33-14-5-4-6-21(33)2/h7-12,20-21H,3-6,13-19H2,1-2H3,(H,29,34). The van der Waals surface area contributed by atoms with Crippen molar-refractivity contribution < 1.29 is 17.9 Å². The summed E-state index contributed by atoms with van der Waals surface area (Å²) >= 11 is 1.69. The van der Waals surface area contributed by atoms with Crippen LogP contribution in [0.15, 0.2) is 47.4 Å². The van der Waals surface area contributed by atoms with Crippen molar-refractivity contribution >= 4 is 42.6 Å². The molecule has 1 unspecified atom stereocenters. The number of piperazine rings is 1. The molecule has 0 spiro atoms. The molecule has 0 bridgehead atoms. The smallest absolute Gasteiger partial charge is 0.251 e. The summed E-state index contributed by atoms with van der Waals surface area (Å²) in [5, 5.41) is 4.01. The zero-order valence-electron chi connectivity index (χ0n) is 22.6. The molecule has 2 aliphatic rings. The van der Waals surface area contributed by atoms with Crippen LogP contribution in [-0.2, 0) is 10.0 Å². The molecule has 2 fully saturated rings. The number of piperidine rings is 1. The second-order valence-electron chi connectivity index (χ2n) is 10.1. The number of hydrogen-bond donors (Lipinski definition) is 1. The minimum Gasteiger partial charge on any atom is -0.494 e. The molecule has 2 aliphatic heterocycles. The van der Waals surface area contributed by atoms with Gasteiger partial charge in [0, 0.05) is 57.4 Å². The maximum Gasteiger partial charge on any atom is 0.251 e. The number of benzene rings is 2. The normalized spacial score (nSPS) is 19.3. The summed E-state index contributed by atoms with van der Waals surface area (Å²) in [5.41, 5.74) is 1.46. The Balaban J connectivity index is 1.08. The molecule has 0 saturated carbocycles. The first-order chi connectivity index (χ1) is 18.8. The summed E-state index contributed by atoms with van der Waals surface area (Å²) in [6.45, 7) is 10.0. The molecule has 5 rings (SSSR count). The van der Waals surface area contributed by atoms with Crippen LogP contribution in [0.3, 0.4) is 0 Å². The lowest BCUT2D eigenvalue weighted by Crippen LogP contribution is -2.48. The van der Waals surface area contributed by atoms with Gasteiger partial charge in [0.2, 0.25) is 10.0 Å². The Morgan fingerprint density at radius 1 is 1.08 bits per heavy atom. The second kappa shape index (κ2) is 12.2. The number of ether oxygens (including phenoxy) is 1. The van der Waals surface area contributed by atoms with E-state index in [1.54, 1.807) is 39.9 Å². The molecule has 3 heterocycles. The van der Waals surface area contributed by atoms with E-state index in [0.29, 0.717) is 25.3 Å². The van der Waals surface area contributed by atoms with E-state index in [9.17, 15) is 13.2 Å². The van der Waals surface area contributed by atoms with Gasteiger partial charge in [-0.3, -0.25) is 9.69 Å². The lowest BCUT2D eigenvalue weighted by atomic mass is 10.1. The molecule has 0 aliphatic carbocycles. The molecule has 39 heavy (non-hydrogen) atoms. The highest BCUT2D eigenvalue weighted by Crippen LogP contribution is 2.32. The first kappa shape index (κ1) is 27.8. The Morgan fingerprint density at radius 2 is 1.85 bits per heavy atom. The fourth-order valence-corrected chi connectivity index (χ4v) is 7.96. The topological polar surface area (TPSA) is 95.1 Å². The summed E-state index contributed by atoms with van der Waals surface area (Å²) < 4.78 is 34.4. The van der Waals surface area contributed by atoms with E-state index in [0.717, 1.165) is 73.1 Å². The average molecular weight is 572 g/mol. The minimum absolute atomic E-state index is 0.00339. The minimum atomic E-state index is -3.54. The number of fused-ring (bicyclic) bond motifs is 1. The lowest BCUT2D eigenvalue weighted by molar-refractivity contribution is 0.0947. The number of aromatic nitrogens is 1. The van der Waals surface area contributed by atoms with Crippen LogP contribution in [0.2, 0.25) is 0 Å². The highest BCUT2D eigenvalue weighted by atomic mass is 32.2. The van der Waals surface area contributed by atoms with Gasteiger partial charge < -0.3 is 15.0 Å². The fraction of sp³-hybridized carbons (Fsp3) is 0.500. The van der Waals surface area contributed by atoms with Gasteiger partial charge in [0.25, 0.3) is 5.91 Å². The highest BCUT2D eigenvalue weighted by molar-refractivity contribution is 7.89. The van der Waals surface area contributed by atoms with Crippen LogP contribution < -0.4 is 15.0 Å². The molecule has 0 radical (unpaired) electrons. The monoisotopic (exact) mass is 571 g/mol. The van der Waals surface area contributed by atoms with Gasteiger partial charge >= 0.3 is 0 Å². The third-order valence-electron chi connectivity index (χ3n) is 7.48. The van der Waals surface area contributed by atoms with Crippen molar-refractivity contribution in [3.05, 3.63) is 48.0 Å². The van der Waals surface area contributed by atoms with Gasteiger partial charge in [0.15, 0.2) is 5.13 Å². The maximum atomic E-state index is 13.0. The number of hydrogen-bond acceptors (Lipinski definition) is 8. The second-order valence-corrected chi connectivity index (χ2v) is 13.0. The van der Waals surface area contributed by atoms with Gasteiger partial charge in [-0.15, -0.1) is 0 Å². The third kappa shape index (κ3) is 6.37. The van der Waals surface area contributed by atoms with E-state index in [1.807, 2.05) is 26.0 Å². The van der Waals surface area contributed by atoms with Crippen LogP contribution in [0.25, 0.3) is 10.2 Å². The summed E-state index contributed by atoms with van der Waals surface area (Å²) in [6.07, 6.45) is 2.82. The third-order valence-corrected chi connectivity index (χ3v) is 10.6. The number of rotatable bonds is 9. The Labute approximate surface area is 234 Å². The van der Waals surface area contributed by atoms with Crippen LogP contribution in [0.1, 0.15) is 43.5 Å². The van der Waals surface area contributed by atoms with Gasteiger partial charge in [0.05, 0.1) is 21.7 Å². The molecule has 2 aromatic carbocycles. The molecule has 1 aromatic heterocycles. The number of amides is 1. The van der Waals surface area contributed by atoms with Crippen molar-refractivity contribution in [3.8, 4) is 5.75 Å². The van der Waals surface area contributed by atoms with Crippen molar-refractivity contribution in [1.82, 2.24) is 19.5 Å². The molecular weight excluding hydrogens is 534 g/mol. The summed E-state index contributed by atoms with van der Waals surface area (Å²) in [4.78, 5) is 22.4. The van der Waals surface area contributed by atoms with Crippen molar-refractivity contribution in [2.24, 2.45) is 0 Å². The predicted octanol–water partition coefficient (Wildman–Crippen LogP) is 3.81. The zero-order chi connectivity index (χ0) is 27.4. The van der Waals surface area contributed by atoms with E-state index in [4.69, 9.17) is 9.72 Å². The van der Waals surface area contributed by atoms with Crippen LogP contribution in [0.4, 0.5) is 5.13 Å². The van der Waals surface area contributed by atoms with Gasteiger partial charge in [-0.1, -0.05) is 17.8 Å². The highest BCUT2D eigenvalue weighted by Gasteiger charge is 2.31. The van der Waals surface area contributed by atoms with E-state index in [1.165, 1.54) is 0 Å². The molecule has 1 amide bonds. The van der Waals surface area contributed by atoms with E-state index >= 15 is 0 Å². The summed E-state index contributed by atoms with van der Waals surface area (Å²) in [6, 6.07) is 12.3. The number of thiazole rings is 1. The Kier molecular flexibility index (Phi) is 8.70. The van der Waals surface area contributed by atoms with Crippen LogP contribution >= 0.6 is 11.3 Å². The molecule has 210 valence electrons. The summed E-state index contributed by atoms with van der Waals surface area (Å²) in [7, 11) is -3.54. The number of carbonyl (C=O) groups excluding carboxylic acids is 1. The molecular formula is C28H37N5O4S2. The average Bonchev–Trinajstić information content (AvgIpc) is 3.37. The fourth-order valence-electron chi connectivity index (χ4n) is 5.22. The quantitative estimate of drug-likeness (QED) is 0.417. The summed E-state index contributed by atoms with van der Waals surface area (Å²) in [5.74, 6) is 0.685. The SMILES string of the molecule is CCOc1ccc2nc(N3CCN(CCNC(=O)c4ccc(S(=O)(=O)N5CCCCC5C)cc4)CC3)sc2c1. The Morgan fingerprint density at radius 3 is 2.56 bits per heavy atom. The number of nitrogens with zero attached hydrogens (tertiary/aromatic N) is 4. The van der Waals surface area contributed by atoms with Gasteiger partial charge in [-0.2, -0.15) is 4.31 Å². The van der Waals surface area contributed by atoms with Crippen molar-refractivity contribution in [3.63, 3.8) is 0 Å². The maximum absolute atomic E-state index is 13.0. The molecule has 9 nitrogen and oxygen atoms in total. The van der Waals surface area contributed by atoms with Crippen LogP contribution in [0, 0.1) is 0 Å². The van der Waals surface area contributed by atoms with Crippen molar-refractivity contribution in [1.29, 1.82) is 0 Å². The van der Waals surface area contributed by atoms with Gasteiger partial charge in [-0.25, -0.2) is 13.4 Å². The number of sulfonamides is 1. The molecule has 1 N–H and O–H groups in total. The van der Waals surface area contributed by atoms with Crippen LogP contribution in [0.5, 0.6) is 5.75 Å². The van der Waals surface area contributed by atoms with Crippen molar-refractivity contribution in [2.45, 2.75) is 44.0 Å². The van der Waals surface area contributed by atoms with E-state index in [-0.39, 0.29) is 16.8 Å². The van der Waals surface area contributed by atoms with Gasteiger partial charge in [0.1, 0.15) is 5.75 Å². The number of anilines is 1. The van der Waals surface area contributed by atoms with E-state index < -0.39 is 10.0 Å². The van der Waals surface area contributed by atoms with E-state index in [2.05, 4.69) is 21.2 Å². The number of nitrogens with one attached hydrogen (secondary N) is 1. The Bertz CT molecular complexity index is 1380. The van der Waals surface area contributed by atoms with Gasteiger partial charge in [-0.05, 0) is 69.2 Å².